The van der Waals surface area contributed by atoms with Crippen LogP contribution in [0.1, 0.15) is 26.7 Å². The third-order valence-corrected chi connectivity index (χ3v) is 1.97. The first kappa shape index (κ1) is 18.8. The Kier molecular flexibility index (Phi) is 13.2. The molecule has 0 unspecified atom stereocenters. The fraction of sp³-hybridized carbons (Fsp3) is 0.818. The summed E-state index contributed by atoms with van der Waals surface area (Å²) in [6, 6.07) is 0. The van der Waals surface area contributed by atoms with E-state index in [2.05, 4.69) is 22.5 Å². The molecule has 102 valence electrons. The molecule has 0 heterocycles. The van der Waals surface area contributed by atoms with Gasteiger partial charge in [0, 0.05) is 40.2 Å². The molecule has 0 fully saturated rings. The molecule has 0 saturated heterocycles. The lowest BCUT2D eigenvalue weighted by atomic mass is 10.4. The summed E-state index contributed by atoms with van der Waals surface area (Å²) in [4.78, 5) is 17.3. The normalized spacial score (nSPS) is 10.5. The van der Waals surface area contributed by atoms with Crippen molar-refractivity contribution in [1.29, 1.82) is 0 Å². The number of hydrogen-bond acceptors (Lipinski definition) is 2. The Bertz CT molecular complexity index is 232. The first-order valence-electron chi connectivity index (χ1n) is 5.84. The van der Waals surface area contributed by atoms with Gasteiger partial charge in [0.2, 0.25) is 5.91 Å². The molecule has 1 amide bonds. The van der Waals surface area contributed by atoms with Crippen molar-refractivity contribution in [2.45, 2.75) is 26.7 Å². The van der Waals surface area contributed by atoms with Gasteiger partial charge in [-0.25, -0.2) is 0 Å². The quantitative estimate of drug-likeness (QED) is 0.425. The number of aliphatic imine (C=N–C) groups is 1. The topological polar surface area (TPSA) is 56.7 Å². The van der Waals surface area contributed by atoms with Gasteiger partial charge in [0.1, 0.15) is 0 Å². The summed E-state index contributed by atoms with van der Waals surface area (Å²) < 4.78 is 0. The molecule has 17 heavy (non-hydrogen) atoms. The lowest BCUT2D eigenvalue weighted by Gasteiger charge is -2.13. The van der Waals surface area contributed by atoms with Gasteiger partial charge in [-0.1, -0.05) is 6.92 Å². The van der Waals surface area contributed by atoms with Crippen LogP contribution in [0.4, 0.5) is 0 Å². The SMILES string of the molecule is CCCN=C(NCC)NCCC(=O)N(C)C.I. The number of rotatable bonds is 6. The summed E-state index contributed by atoms with van der Waals surface area (Å²) in [7, 11) is 3.53. The lowest BCUT2D eigenvalue weighted by Crippen LogP contribution is -2.39. The van der Waals surface area contributed by atoms with E-state index in [-0.39, 0.29) is 29.9 Å². The Hall–Kier alpha value is -0.530. The Morgan fingerprint density at radius 2 is 1.88 bits per heavy atom. The molecule has 0 aliphatic heterocycles. The number of nitrogens with zero attached hydrogens (tertiary/aromatic N) is 2. The van der Waals surface area contributed by atoms with Crippen LogP contribution in [0, 0.1) is 0 Å². The number of carbonyl (C=O) groups excluding carboxylic acids is 1. The Labute approximate surface area is 121 Å². The van der Waals surface area contributed by atoms with E-state index >= 15 is 0 Å². The van der Waals surface area contributed by atoms with E-state index in [4.69, 9.17) is 0 Å². The average Bonchev–Trinajstić information content (AvgIpc) is 2.25. The highest BCUT2D eigenvalue weighted by atomic mass is 127. The van der Waals surface area contributed by atoms with E-state index in [0.29, 0.717) is 13.0 Å². The van der Waals surface area contributed by atoms with E-state index in [1.807, 2.05) is 6.92 Å². The Morgan fingerprint density at radius 3 is 2.35 bits per heavy atom. The standard InChI is InChI=1S/C11H24N4O.HI/c1-5-8-13-11(12-6-2)14-9-7-10(16)15(3)4;/h5-9H2,1-4H3,(H2,12,13,14);1H. The molecule has 0 spiro atoms. The van der Waals surface area contributed by atoms with E-state index in [9.17, 15) is 4.79 Å². The van der Waals surface area contributed by atoms with Crippen molar-refractivity contribution in [2.24, 2.45) is 4.99 Å². The molecule has 0 rings (SSSR count). The molecule has 0 aliphatic carbocycles. The van der Waals surface area contributed by atoms with Crippen LogP contribution >= 0.6 is 24.0 Å². The molecule has 0 aromatic carbocycles. The van der Waals surface area contributed by atoms with Gasteiger partial charge in [-0.05, 0) is 13.3 Å². The van der Waals surface area contributed by atoms with E-state index < -0.39 is 0 Å². The average molecular weight is 356 g/mol. The zero-order valence-corrected chi connectivity index (χ0v) is 13.6. The summed E-state index contributed by atoms with van der Waals surface area (Å²) in [5, 5.41) is 6.27. The summed E-state index contributed by atoms with van der Waals surface area (Å²) in [5.41, 5.74) is 0. The van der Waals surface area contributed by atoms with Crippen LogP contribution in [0.15, 0.2) is 4.99 Å². The first-order chi connectivity index (χ1) is 7.61. The van der Waals surface area contributed by atoms with Crippen molar-refractivity contribution in [3.05, 3.63) is 0 Å². The number of amides is 1. The summed E-state index contributed by atoms with van der Waals surface area (Å²) in [6.45, 7) is 6.36. The molecule has 0 aliphatic rings. The molecule has 5 nitrogen and oxygen atoms in total. The van der Waals surface area contributed by atoms with Crippen molar-refractivity contribution in [1.82, 2.24) is 15.5 Å². The van der Waals surface area contributed by atoms with Crippen molar-refractivity contribution in [3.63, 3.8) is 0 Å². The lowest BCUT2D eigenvalue weighted by molar-refractivity contribution is -0.128. The molecule has 0 radical (unpaired) electrons. The second kappa shape index (κ2) is 11.9. The van der Waals surface area contributed by atoms with Crippen LogP contribution < -0.4 is 10.6 Å². The molecule has 0 atom stereocenters. The number of nitrogens with one attached hydrogen (secondary N) is 2. The zero-order chi connectivity index (χ0) is 12.4. The number of carbonyl (C=O) groups is 1. The van der Waals surface area contributed by atoms with E-state index in [1.165, 1.54) is 0 Å². The molecule has 0 aromatic rings. The number of guanidine groups is 1. The summed E-state index contributed by atoms with van der Waals surface area (Å²) >= 11 is 0. The van der Waals surface area contributed by atoms with Crippen molar-refractivity contribution in [3.8, 4) is 0 Å². The molecule has 6 heteroatoms. The van der Waals surface area contributed by atoms with E-state index in [1.54, 1.807) is 19.0 Å². The molecule has 0 aromatic heterocycles. The molecule has 0 bridgehead atoms. The number of hydrogen-bond donors (Lipinski definition) is 2. The summed E-state index contributed by atoms with van der Waals surface area (Å²) in [5.74, 6) is 0.912. The maximum absolute atomic E-state index is 11.3. The Balaban J connectivity index is 0. The minimum atomic E-state index is 0. The van der Waals surface area contributed by atoms with Gasteiger partial charge in [-0.3, -0.25) is 9.79 Å². The third-order valence-electron chi connectivity index (χ3n) is 1.97. The Morgan fingerprint density at radius 1 is 1.24 bits per heavy atom. The van der Waals surface area contributed by atoms with Crippen molar-refractivity contribution in [2.75, 3.05) is 33.7 Å². The molecule has 2 N–H and O–H groups in total. The van der Waals surface area contributed by atoms with Gasteiger partial charge in [-0.15, -0.1) is 24.0 Å². The van der Waals surface area contributed by atoms with Crippen LogP contribution in [0.5, 0.6) is 0 Å². The third kappa shape index (κ3) is 10.3. The van der Waals surface area contributed by atoms with Crippen LogP contribution in [0.25, 0.3) is 0 Å². The molecule has 0 saturated carbocycles. The maximum Gasteiger partial charge on any atom is 0.223 e. The molecular formula is C11H25IN4O. The number of halogens is 1. The second-order valence-electron chi connectivity index (χ2n) is 3.73. The molecular weight excluding hydrogens is 331 g/mol. The predicted molar refractivity (Wildman–Crippen MR) is 83.0 cm³/mol. The fourth-order valence-corrected chi connectivity index (χ4v) is 1.08. The minimum absolute atomic E-state index is 0. The smallest absolute Gasteiger partial charge is 0.223 e. The largest absolute Gasteiger partial charge is 0.357 e. The van der Waals surface area contributed by atoms with Crippen LogP contribution in [0.2, 0.25) is 0 Å². The predicted octanol–water partition coefficient (Wildman–Crippen LogP) is 1.05. The van der Waals surface area contributed by atoms with Gasteiger partial charge in [0.25, 0.3) is 0 Å². The first-order valence-corrected chi connectivity index (χ1v) is 5.84. The maximum atomic E-state index is 11.3. The second-order valence-corrected chi connectivity index (χ2v) is 3.73. The fourth-order valence-electron chi connectivity index (χ4n) is 1.08. The van der Waals surface area contributed by atoms with Crippen molar-refractivity contribution < 1.29 is 4.79 Å². The highest BCUT2D eigenvalue weighted by Crippen LogP contribution is 1.85. The zero-order valence-electron chi connectivity index (χ0n) is 11.2. The van der Waals surface area contributed by atoms with Crippen LogP contribution in [-0.4, -0.2) is 50.5 Å². The minimum Gasteiger partial charge on any atom is -0.357 e. The van der Waals surface area contributed by atoms with Gasteiger partial charge in [0.15, 0.2) is 5.96 Å². The van der Waals surface area contributed by atoms with E-state index in [0.717, 1.165) is 25.5 Å². The van der Waals surface area contributed by atoms with Gasteiger partial charge >= 0.3 is 0 Å². The van der Waals surface area contributed by atoms with Crippen LogP contribution in [0.3, 0.4) is 0 Å². The highest BCUT2D eigenvalue weighted by Gasteiger charge is 2.03. The van der Waals surface area contributed by atoms with Crippen molar-refractivity contribution >= 4 is 35.8 Å². The summed E-state index contributed by atoms with van der Waals surface area (Å²) in [6.07, 6.45) is 1.51. The highest BCUT2D eigenvalue weighted by molar-refractivity contribution is 14.0. The monoisotopic (exact) mass is 356 g/mol. The van der Waals surface area contributed by atoms with Crippen LogP contribution in [-0.2, 0) is 4.79 Å². The van der Waals surface area contributed by atoms with Gasteiger partial charge in [-0.2, -0.15) is 0 Å². The van der Waals surface area contributed by atoms with Gasteiger partial charge in [0.05, 0.1) is 0 Å². The van der Waals surface area contributed by atoms with Gasteiger partial charge < -0.3 is 15.5 Å².